The van der Waals surface area contributed by atoms with Gasteiger partial charge in [0.1, 0.15) is 12.4 Å². The molecule has 2 rings (SSSR count). The number of nitrogens with zero attached hydrogens (tertiary/aromatic N) is 1. The number of carboxylic acids is 1. The van der Waals surface area contributed by atoms with E-state index in [2.05, 4.69) is 50.2 Å². The Morgan fingerprint density at radius 1 is 1.15 bits per heavy atom. The van der Waals surface area contributed by atoms with Gasteiger partial charge in [-0.2, -0.15) is 0 Å². The molecule has 0 saturated heterocycles. The summed E-state index contributed by atoms with van der Waals surface area (Å²) < 4.78 is 5.46. The van der Waals surface area contributed by atoms with Gasteiger partial charge in [0.05, 0.1) is 10.6 Å². The highest BCUT2D eigenvalue weighted by molar-refractivity contribution is 6.32. The molecular weight excluding hydrogens is 366 g/mol. The van der Waals surface area contributed by atoms with Crippen molar-refractivity contribution in [2.75, 3.05) is 13.2 Å². The van der Waals surface area contributed by atoms with Crippen LogP contribution in [0.25, 0.3) is 0 Å². The molecule has 0 heterocycles. The van der Waals surface area contributed by atoms with Gasteiger partial charge in [-0.1, -0.05) is 61.8 Å². The largest absolute Gasteiger partial charge is 0.488 e. The first-order valence-electron chi connectivity index (χ1n) is 8.66. The average Bonchev–Trinajstić information content (AvgIpc) is 2.61. The van der Waals surface area contributed by atoms with Gasteiger partial charge in [-0.25, -0.2) is 4.79 Å². The molecule has 0 atom stereocenters. The van der Waals surface area contributed by atoms with E-state index in [0.29, 0.717) is 12.2 Å². The van der Waals surface area contributed by atoms with Crippen molar-refractivity contribution < 1.29 is 19.5 Å². The number of oxime groups is 1. The Kier molecular flexibility index (Phi) is 7.25. The monoisotopic (exact) mass is 389 g/mol. The van der Waals surface area contributed by atoms with E-state index in [9.17, 15) is 4.79 Å². The van der Waals surface area contributed by atoms with Gasteiger partial charge in [-0.15, -0.1) is 0 Å². The third-order valence-electron chi connectivity index (χ3n) is 3.91. The number of ether oxygens (including phenoxy) is 1. The third-order valence-corrected chi connectivity index (χ3v) is 4.20. The molecule has 0 aliphatic rings. The summed E-state index contributed by atoms with van der Waals surface area (Å²) in [6.07, 6.45) is 2.40. The van der Waals surface area contributed by atoms with Crippen LogP contribution < -0.4 is 4.74 Å². The Hall–Kier alpha value is -2.53. The molecule has 27 heavy (non-hydrogen) atoms. The van der Waals surface area contributed by atoms with Gasteiger partial charge < -0.3 is 14.7 Å². The van der Waals surface area contributed by atoms with Crippen molar-refractivity contribution in [3.05, 3.63) is 64.2 Å². The third kappa shape index (κ3) is 6.61. The number of rotatable bonds is 8. The highest BCUT2D eigenvalue weighted by atomic mass is 35.5. The first kappa shape index (κ1) is 20.8. The second kappa shape index (κ2) is 9.42. The summed E-state index contributed by atoms with van der Waals surface area (Å²) in [7, 11) is 0. The van der Waals surface area contributed by atoms with Gasteiger partial charge >= 0.3 is 5.97 Å². The Bertz CT molecular complexity index is 795. The molecule has 0 spiro atoms. The van der Waals surface area contributed by atoms with Gasteiger partial charge in [0, 0.05) is 12.6 Å². The minimum absolute atomic E-state index is 0.115. The maximum atomic E-state index is 10.9. The molecule has 2 aromatic rings. The van der Waals surface area contributed by atoms with Gasteiger partial charge in [-0.3, -0.25) is 0 Å². The zero-order chi connectivity index (χ0) is 19.9. The topological polar surface area (TPSA) is 68.1 Å². The number of halogens is 1. The molecule has 6 heteroatoms. The number of carboxylic acid groups (broad SMARTS) is 1. The summed E-state index contributed by atoms with van der Waals surface area (Å²) in [6, 6.07) is 12.8. The van der Waals surface area contributed by atoms with Crippen LogP contribution in [-0.4, -0.2) is 30.5 Å². The van der Waals surface area contributed by atoms with E-state index in [1.807, 2.05) is 0 Å². The lowest BCUT2D eigenvalue weighted by Crippen LogP contribution is -2.10. The standard InChI is InChI=1S/C21H24ClNO4/c1-21(2,3)17-7-4-15(5-8-17)10-11-23-27-13-12-26-19-9-6-16(20(24)25)14-18(19)22/h4-9,11,14H,10,12-13H2,1-3H3,(H,24,25). The van der Waals surface area contributed by atoms with E-state index in [1.165, 1.54) is 23.8 Å². The summed E-state index contributed by atoms with van der Waals surface area (Å²) in [4.78, 5) is 16.0. The van der Waals surface area contributed by atoms with E-state index in [0.717, 1.165) is 5.56 Å². The van der Waals surface area contributed by atoms with E-state index in [4.69, 9.17) is 26.3 Å². The average molecular weight is 390 g/mol. The van der Waals surface area contributed by atoms with Crippen molar-refractivity contribution in [1.82, 2.24) is 0 Å². The lowest BCUT2D eigenvalue weighted by molar-refractivity contribution is 0.0696. The van der Waals surface area contributed by atoms with Gasteiger partial charge in [0.15, 0.2) is 6.61 Å². The molecule has 0 aromatic heterocycles. The predicted octanol–water partition coefficient (Wildman–Crippen LogP) is 4.96. The van der Waals surface area contributed by atoms with Crippen LogP contribution in [0.3, 0.4) is 0 Å². The van der Waals surface area contributed by atoms with Crippen LogP contribution in [0.2, 0.25) is 5.02 Å². The summed E-state index contributed by atoms with van der Waals surface area (Å²) in [6.45, 7) is 7.08. The molecule has 1 N–H and O–H groups in total. The van der Waals surface area contributed by atoms with E-state index < -0.39 is 5.97 Å². The Morgan fingerprint density at radius 2 is 1.85 bits per heavy atom. The first-order chi connectivity index (χ1) is 12.8. The molecular formula is C21H24ClNO4. The number of benzene rings is 2. The van der Waals surface area contributed by atoms with Crippen molar-refractivity contribution in [3.63, 3.8) is 0 Å². The van der Waals surface area contributed by atoms with Gasteiger partial charge in [0.25, 0.3) is 0 Å². The van der Waals surface area contributed by atoms with E-state index in [1.54, 1.807) is 6.21 Å². The molecule has 0 aliphatic carbocycles. The molecule has 144 valence electrons. The quantitative estimate of drug-likeness (QED) is 0.393. The maximum absolute atomic E-state index is 10.9. The molecule has 0 saturated carbocycles. The second-order valence-corrected chi connectivity index (χ2v) is 7.48. The fourth-order valence-corrected chi connectivity index (χ4v) is 2.56. The van der Waals surface area contributed by atoms with Crippen LogP contribution in [-0.2, 0) is 16.7 Å². The Labute approximate surface area is 164 Å². The van der Waals surface area contributed by atoms with Crippen molar-refractivity contribution in [2.24, 2.45) is 5.16 Å². The highest BCUT2D eigenvalue weighted by Crippen LogP contribution is 2.25. The molecule has 0 aliphatic heterocycles. The zero-order valence-corrected chi connectivity index (χ0v) is 16.5. The molecule has 0 unspecified atom stereocenters. The fourth-order valence-electron chi connectivity index (χ4n) is 2.33. The molecule has 0 amide bonds. The Morgan fingerprint density at radius 3 is 2.44 bits per heavy atom. The first-order valence-corrected chi connectivity index (χ1v) is 9.04. The molecule has 0 bridgehead atoms. The van der Waals surface area contributed by atoms with Crippen molar-refractivity contribution in [1.29, 1.82) is 0 Å². The minimum atomic E-state index is -1.03. The molecule has 0 fully saturated rings. The fraction of sp³-hybridized carbons (Fsp3) is 0.333. The minimum Gasteiger partial charge on any atom is -0.488 e. The number of aromatic carboxylic acids is 1. The maximum Gasteiger partial charge on any atom is 0.335 e. The highest BCUT2D eigenvalue weighted by Gasteiger charge is 2.12. The predicted molar refractivity (Wildman–Crippen MR) is 107 cm³/mol. The summed E-state index contributed by atoms with van der Waals surface area (Å²) in [5.74, 6) is -0.623. The smallest absolute Gasteiger partial charge is 0.335 e. The molecule has 2 aromatic carbocycles. The van der Waals surface area contributed by atoms with Crippen LogP contribution in [0.1, 0.15) is 42.3 Å². The molecule has 5 nitrogen and oxygen atoms in total. The SMILES string of the molecule is CC(C)(C)c1ccc(CC=NOCCOc2ccc(C(=O)O)cc2Cl)cc1. The van der Waals surface area contributed by atoms with Crippen LogP contribution in [0, 0.1) is 0 Å². The zero-order valence-electron chi connectivity index (χ0n) is 15.7. The number of hydrogen-bond donors (Lipinski definition) is 1. The van der Waals surface area contributed by atoms with Crippen molar-refractivity contribution in [3.8, 4) is 5.75 Å². The van der Waals surface area contributed by atoms with Gasteiger partial charge in [0.2, 0.25) is 0 Å². The second-order valence-electron chi connectivity index (χ2n) is 7.07. The van der Waals surface area contributed by atoms with Crippen LogP contribution in [0.4, 0.5) is 0 Å². The Balaban J connectivity index is 1.70. The van der Waals surface area contributed by atoms with E-state index >= 15 is 0 Å². The van der Waals surface area contributed by atoms with Crippen LogP contribution >= 0.6 is 11.6 Å². The van der Waals surface area contributed by atoms with Crippen LogP contribution in [0.5, 0.6) is 5.75 Å². The van der Waals surface area contributed by atoms with Crippen molar-refractivity contribution in [2.45, 2.75) is 32.6 Å². The van der Waals surface area contributed by atoms with Crippen molar-refractivity contribution >= 4 is 23.8 Å². The number of carbonyl (C=O) groups is 1. The summed E-state index contributed by atoms with van der Waals surface area (Å²) >= 11 is 5.98. The summed E-state index contributed by atoms with van der Waals surface area (Å²) in [5, 5.41) is 13.1. The van der Waals surface area contributed by atoms with E-state index in [-0.39, 0.29) is 29.2 Å². The number of hydrogen-bond acceptors (Lipinski definition) is 4. The molecule has 0 radical (unpaired) electrons. The van der Waals surface area contributed by atoms with Gasteiger partial charge in [-0.05, 0) is 34.7 Å². The summed E-state index contributed by atoms with van der Waals surface area (Å²) in [5.41, 5.74) is 2.72. The van der Waals surface area contributed by atoms with Crippen LogP contribution in [0.15, 0.2) is 47.6 Å². The normalized spacial score (nSPS) is 11.6. The lowest BCUT2D eigenvalue weighted by Gasteiger charge is -2.18. The lowest BCUT2D eigenvalue weighted by atomic mass is 9.86.